The third-order valence-corrected chi connectivity index (χ3v) is 2.03. The maximum absolute atomic E-state index is 5.39. The minimum Gasteiger partial charge on any atom is -0.383 e. The van der Waals surface area contributed by atoms with Crippen molar-refractivity contribution in [2.24, 2.45) is 0 Å². The highest BCUT2D eigenvalue weighted by atomic mass is 16.5. The molecule has 1 N–H and O–H groups in total. The molecule has 3 nitrogen and oxygen atoms in total. The van der Waals surface area contributed by atoms with Crippen LogP contribution in [0.3, 0.4) is 0 Å². The van der Waals surface area contributed by atoms with Crippen LogP contribution in [-0.2, 0) is 9.47 Å². The van der Waals surface area contributed by atoms with Crippen molar-refractivity contribution in [3.05, 3.63) is 0 Å². The molecule has 0 saturated carbocycles. The largest absolute Gasteiger partial charge is 0.383 e. The molecule has 0 radical (unpaired) electrons. The lowest BCUT2D eigenvalue weighted by atomic mass is 10.2. The van der Waals surface area contributed by atoms with E-state index in [9.17, 15) is 0 Å². The SMILES string of the molecule is CCCOCCNC(CCC)COC. The van der Waals surface area contributed by atoms with Crippen molar-refractivity contribution < 1.29 is 9.47 Å². The van der Waals surface area contributed by atoms with Gasteiger partial charge < -0.3 is 14.8 Å². The number of nitrogens with one attached hydrogen (secondary N) is 1. The molecule has 86 valence electrons. The van der Waals surface area contributed by atoms with Gasteiger partial charge in [-0.2, -0.15) is 0 Å². The summed E-state index contributed by atoms with van der Waals surface area (Å²) >= 11 is 0. The van der Waals surface area contributed by atoms with Crippen LogP contribution in [0, 0.1) is 0 Å². The summed E-state index contributed by atoms with van der Waals surface area (Å²) in [6, 6.07) is 0.482. The number of rotatable bonds is 10. The summed E-state index contributed by atoms with van der Waals surface area (Å²) < 4.78 is 10.5. The summed E-state index contributed by atoms with van der Waals surface area (Å²) in [4.78, 5) is 0. The van der Waals surface area contributed by atoms with E-state index in [4.69, 9.17) is 9.47 Å². The van der Waals surface area contributed by atoms with Gasteiger partial charge in [-0.1, -0.05) is 20.3 Å². The van der Waals surface area contributed by atoms with Crippen LogP contribution in [0.15, 0.2) is 0 Å². The molecule has 3 heteroatoms. The summed E-state index contributed by atoms with van der Waals surface area (Å²) in [7, 11) is 1.75. The number of methoxy groups -OCH3 is 1. The second kappa shape index (κ2) is 11.0. The van der Waals surface area contributed by atoms with E-state index < -0.39 is 0 Å². The fourth-order valence-corrected chi connectivity index (χ4v) is 1.38. The predicted molar refractivity (Wildman–Crippen MR) is 59.7 cm³/mol. The van der Waals surface area contributed by atoms with Gasteiger partial charge in [0.2, 0.25) is 0 Å². The van der Waals surface area contributed by atoms with E-state index in [-0.39, 0.29) is 0 Å². The van der Waals surface area contributed by atoms with Gasteiger partial charge in [-0.25, -0.2) is 0 Å². The van der Waals surface area contributed by atoms with Crippen molar-refractivity contribution in [3.8, 4) is 0 Å². The quantitative estimate of drug-likeness (QED) is 0.549. The van der Waals surface area contributed by atoms with Crippen LogP contribution in [0.5, 0.6) is 0 Å². The van der Waals surface area contributed by atoms with Crippen molar-refractivity contribution >= 4 is 0 Å². The fourth-order valence-electron chi connectivity index (χ4n) is 1.38. The van der Waals surface area contributed by atoms with E-state index in [1.165, 1.54) is 12.8 Å². The average Bonchev–Trinajstić information content (AvgIpc) is 2.18. The molecule has 0 bridgehead atoms. The molecule has 14 heavy (non-hydrogen) atoms. The molecule has 0 fully saturated rings. The topological polar surface area (TPSA) is 30.5 Å². The van der Waals surface area contributed by atoms with Crippen molar-refractivity contribution in [3.63, 3.8) is 0 Å². The van der Waals surface area contributed by atoms with E-state index in [1.807, 2.05) is 0 Å². The van der Waals surface area contributed by atoms with Gasteiger partial charge in [0.25, 0.3) is 0 Å². The van der Waals surface area contributed by atoms with Crippen LogP contribution >= 0.6 is 0 Å². The molecule has 0 aliphatic carbocycles. The van der Waals surface area contributed by atoms with Crippen LogP contribution in [0.25, 0.3) is 0 Å². The van der Waals surface area contributed by atoms with E-state index in [1.54, 1.807) is 7.11 Å². The van der Waals surface area contributed by atoms with Gasteiger partial charge in [-0.15, -0.1) is 0 Å². The van der Waals surface area contributed by atoms with Crippen LogP contribution < -0.4 is 5.32 Å². The van der Waals surface area contributed by atoms with Gasteiger partial charge in [0, 0.05) is 26.3 Å². The van der Waals surface area contributed by atoms with Crippen LogP contribution in [0.2, 0.25) is 0 Å². The van der Waals surface area contributed by atoms with Crippen LogP contribution in [-0.4, -0.2) is 39.5 Å². The molecule has 0 heterocycles. The van der Waals surface area contributed by atoms with E-state index in [0.717, 1.165) is 32.8 Å². The highest BCUT2D eigenvalue weighted by Gasteiger charge is 2.04. The van der Waals surface area contributed by atoms with Crippen molar-refractivity contribution in [1.82, 2.24) is 5.32 Å². The standard InChI is InChI=1S/C11H25NO2/c1-4-6-11(10-13-3)12-7-9-14-8-5-2/h11-12H,4-10H2,1-3H3. The lowest BCUT2D eigenvalue weighted by Gasteiger charge is -2.16. The zero-order valence-electron chi connectivity index (χ0n) is 9.84. The zero-order chi connectivity index (χ0) is 10.6. The minimum absolute atomic E-state index is 0.482. The molecule has 0 rings (SSSR count). The third-order valence-electron chi connectivity index (χ3n) is 2.03. The lowest BCUT2D eigenvalue weighted by Crippen LogP contribution is -2.35. The van der Waals surface area contributed by atoms with E-state index >= 15 is 0 Å². The monoisotopic (exact) mass is 203 g/mol. The van der Waals surface area contributed by atoms with Crippen molar-refractivity contribution in [1.29, 1.82) is 0 Å². The Morgan fingerprint density at radius 1 is 1.14 bits per heavy atom. The molecule has 1 atom stereocenters. The maximum atomic E-state index is 5.39. The predicted octanol–water partition coefficient (Wildman–Crippen LogP) is 1.82. The van der Waals surface area contributed by atoms with Gasteiger partial charge >= 0.3 is 0 Å². The molecule has 0 aromatic rings. The maximum Gasteiger partial charge on any atom is 0.0615 e. The lowest BCUT2D eigenvalue weighted by molar-refractivity contribution is 0.122. The van der Waals surface area contributed by atoms with E-state index in [2.05, 4.69) is 19.2 Å². The Kier molecular flexibility index (Phi) is 10.9. The van der Waals surface area contributed by atoms with Gasteiger partial charge in [-0.05, 0) is 12.8 Å². The Hall–Kier alpha value is -0.120. The van der Waals surface area contributed by atoms with Gasteiger partial charge in [-0.3, -0.25) is 0 Å². The molecule has 0 amide bonds. The normalized spacial score (nSPS) is 13.1. The summed E-state index contributed by atoms with van der Waals surface area (Å²) in [5.74, 6) is 0. The smallest absolute Gasteiger partial charge is 0.0615 e. The molecular weight excluding hydrogens is 178 g/mol. The van der Waals surface area contributed by atoms with Gasteiger partial charge in [0.05, 0.1) is 13.2 Å². The number of ether oxygens (including phenoxy) is 2. The highest BCUT2D eigenvalue weighted by Crippen LogP contribution is 1.96. The van der Waals surface area contributed by atoms with Gasteiger partial charge in [0.1, 0.15) is 0 Å². The first-order valence-electron chi connectivity index (χ1n) is 5.65. The molecule has 0 aromatic carbocycles. The fraction of sp³-hybridized carbons (Fsp3) is 1.00. The molecule has 1 unspecified atom stereocenters. The average molecular weight is 203 g/mol. The Morgan fingerprint density at radius 3 is 2.50 bits per heavy atom. The van der Waals surface area contributed by atoms with Crippen LogP contribution in [0.4, 0.5) is 0 Å². The number of hydrogen-bond acceptors (Lipinski definition) is 3. The Morgan fingerprint density at radius 2 is 1.93 bits per heavy atom. The molecule has 0 spiro atoms. The summed E-state index contributed by atoms with van der Waals surface area (Å²) in [6.07, 6.45) is 3.45. The molecule has 0 aromatic heterocycles. The van der Waals surface area contributed by atoms with E-state index in [0.29, 0.717) is 6.04 Å². The molecule has 0 aliphatic heterocycles. The first-order chi connectivity index (χ1) is 6.85. The Balaban J connectivity index is 3.30. The molecule has 0 aliphatic rings. The third kappa shape index (κ3) is 8.48. The molecule has 0 saturated heterocycles. The van der Waals surface area contributed by atoms with Crippen molar-refractivity contribution in [2.75, 3.05) is 33.5 Å². The number of hydrogen-bond donors (Lipinski definition) is 1. The van der Waals surface area contributed by atoms with Gasteiger partial charge in [0.15, 0.2) is 0 Å². The first-order valence-corrected chi connectivity index (χ1v) is 5.65. The summed E-state index contributed by atoms with van der Waals surface area (Å²) in [5.41, 5.74) is 0. The molecular formula is C11H25NO2. The Labute approximate surface area is 88.2 Å². The summed E-state index contributed by atoms with van der Waals surface area (Å²) in [6.45, 7) is 7.70. The summed E-state index contributed by atoms with van der Waals surface area (Å²) in [5, 5.41) is 3.43. The first kappa shape index (κ1) is 13.9. The van der Waals surface area contributed by atoms with Crippen LogP contribution in [0.1, 0.15) is 33.1 Å². The zero-order valence-corrected chi connectivity index (χ0v) is 9.84. The second-order valence-corrected chi connectivity index (χ2v) is 3.51. The minimum atomic E-state index is 0.482. The highest BCUT2D eigenvalue weighted by molar-refractivity contribution is 4.64. The Bertz CT molecular complexity index is 103. The van der Waals surface area contributed by atoms with Crippen molar-refractivity contribution in [2.45, 2.75) is 39.2 Å². The second-order valence-electron chi connectivity index (χ2n) is 3.51.